The first kappa shape index (κ1) is 16.9. The highest BCUT2D eigenvalue weighted by Gasteiger charge is 2.24. The van der Waals surface area contributed by atoms with E-state index in [0.29, 0.717) is 12.6 Å². The van der Waals surface area contributed by atoms with Crippen LogP contribution in [0, 0.1) is 5.41 Å². The van der Waals surface area contributed by atoms with Crippen molar-refractivity contribution in [3.05, 3.63) is 0 Å². The maximum Gasteiger partial charge on any atom is 0.0781 e. The fraction of sp³-hybridized carbons (Fsp3) is 1.00. The average Bonchev–Trinajstić information content (AvgIpc) is 2.24. The van der Waals surface area contributed by atoms with Crippen LogP contribution < -0.4 is 5.32 Å². The van der Waals surface area contributed by atoms with Gasteiger partial charge in [-0.25, -0.2) is 0 Å². The minimum absolute atomic E-state index is 0.170. The van der Waals surface area contributed by atoms with Crippen molar-refractivity contribution in [2.75, 3.05) is 26.4 Å². The molecule has 1 N–H and O–H groups in total. The van der Waals surface area contributed by atoms with Crippen molar-refractivity contribution >= 4 is 0 Å². The lowest BCUT2D eigenvalue weighted by Crippen LogP contribution is -2.45. The van der Waals surface area contributed by atoms with Crippen LogP contribution in [-0.2, 0) is 9.47 Å². The normalized spacial score (nSPS) is 15.9. The van der Waals surface area contributed by atoms with Gasteiger partial charge in [-0.2, -0.15) is 0 Å². The van der Waals surface area contributed by atoms with E-state index >= 15 is 0 Å². The highest BCUT2D eigenvalue weighted by molar-refractivity contribution is 4.80. The zero-order valence-corrected chi connectivity index (χ0v) is 12.5. The van der Waals surface area contributed by atoms with E-state index in [-0.39, 0.29) is 11.5 Å². The molecule has 2 atom stereocenters. The van der Waals surface area contributed by atoms with Gasteiger partial charge in [-0.1, -0.05) is 27.7 Å². The lowest BCUT2D eigenvalue weighted by Gasteiger charge is -2.32. The second kappa shape index (κ2) is 8.90. The Morgan fingerprint density at radius 3 is 2.24 bits per heavy atom. The van der Waals surface area contributed by atoms with Crippen molar-refractivity contribution in [3.63, 3.8) is 0 Å². The minimum Gasteiger partial charge on any atom is -0.379 e. The molecule has 0 saturated carbocycles. The molecule has 0 aliphatic carbocycles. The molecule has 0 aromatic rings. The molecule has 17 heavy (non-hydrogen) atoms. The highest BCUT2D eigenvalue weighted by Crippen LogP contribution is 2.19. The summed E-state index contributed by atoms with van der Waals surface area (Å²) in [6.45, 7) is 16.2. The van der Waals surface area contributed by atoms with Gasteiger partial charge in [0.2, 0.25) is 0 Å². The van der Waals surface area contributed by atoms with Gasteiger partial charge in [0, 0.05) is 12.6 Å². The van der Waals surface area contributed by atoms with E-state index < -0.39 is 0 Å². The van der Waals surface area contributed by atoms with Gasteiger partial charge in [-0.3, -0.25) is 0 Å². The SMILES string of the molecule is CCCNC(COC(C)COCC)C(C)(C)C. The third kappa shape index (κ3) is 8.58. The monoisotopic (exact) mass is 245 g/mol. The standard InChI is InChI=1S/C14H31NO2/c1-7-9-15-13(14(4,5)6)11-17-12(3)10-16-8-2/h12-13,15H,7-11H2,1-6H3. The van der Waals surface area contributed by atoms with Crippen LogP contribution in [-0.4, -0.2) is 38.5 Å². The molecule has 3 heteroatoms. The Bertz CT molecular complexity index is 178. The van der Waals surface area contributed by atoms with Crippen LogP contribution in [0.1, 0.15) is 48.0 Å². The predicted molar refractivity (Wildman–Crippen MR) is 73.4 cm³/mol. The molecule has 0 aliphatic heterocycles. The lowest BCUT2D eigenvalue weighted by molar-refractivity contribution is -0.0227. The van der Waals surface area contributed by atoms with Crippen LogP contribution >= 0.6 is 0 Å². The van der Waals surface area contributed by atoms with Crippen LogP contribution in [0.5, 0.6) is 0 Å². The van der Waals surface area contributed by atoms with E-state index in [0.717, 1.165) is 26.2 Å². The van der Waals surface area contributed by atoms with Gasteiger partial charge in [0.1, 0.15) is 0 Å². The Balaban J connectivity index is 3.98. The molecule has 0 rings (SSSR count). The van der Waals surface area contributed by atoms with Crippen LogP contribution in [0.4, 0.5) is 0 Å². The van der Waals surface area contributed by atoms with E-state index in [1.165, 1.54) is 0 Å². The smallest absolute Gasteiger partial charge is 0.0781 e. The van der Waals surface area contributed by atoms with E-state index in [1.807, 2.05) is 6.92 Å². The summed E-state index contributed by atoms with van der Waals surface area (Å²) in [5.41, 5.74) is 0.223. The molecule has 3 nitrogen and oxygen atoms in total. The molecule has 0 amide bonds. The first-order chi connectivity index (χ1) is 7.91. The molecular formula is C14H31NO2. The van der Waals surface area contributed by atoms with Crippen molar-refractivity contribution in [2.45, 2.75) is 60.1 Å². The molecule has 0 fully saturated rings. The molecule has 0 saturated heterocycles. The van der Waals surface area contributed by atoms with E-state index in [2.05, 4.69) is 39.9 Å². The van der Waals surface area contributed by atoms with Gasteiger partial charge in [0.15, 0.2) is 0 Å². The van der Waals surface area contributed by atoms with Crippen LogP contribution in [0.3, 0.4) is 0 Å². The maximum absolute atomic E-state index is 5.84. The van der Waals surface area contributed by atoms with Crippen molar-refractivity contribution < 1.29 is 9.47 Å². The summed E-state index contributed by atoms with van der Waals surface area (Å²) >= 11 is 0. The van der Waals surface area contributed by atoms with Gasteiger partial charge in [0.05, 0.1) is 19.3 Å². The average molecular weight is 245 g/mol. The summed E-state index contributed by atoms with van der Waals surface area (Å²) in [7, 11) is 0. The van der Waals surface area contributed by atoms with Gasteiger partial charge < -0.3 is 14.8 Å². The van der Waals surface area contributed by atoms with Gasteiger partial charge in [-0.05, 0) is 32.2 Å². The van der Waals surface area contributed by atoms with Crippen molar-refractivity contribution in [3.8, 4) is 0 Å². The zero-order valence-electron chi connectivity index (χ0n) is 12.5. The Labute approximate surface area is 107 Å². The number of rotatable bonds is 9. The maximum atomic E-state index is 5.84. The Hall–Kier alpha value is -0.120. The topological polar surface area (TPSA) is 30.5 Å². The first-order valence-electron chi connectivity index (χ1n) is 6.84. The Morgan fingerprint density at radius 1 is 1.12 bits per heavy atom. The molecule has 0 aromatic carbocycles. The summed E-state index contributed by atoms with van der Waals surface area (Å²) in [6.07, 6.45) is 1.32. The fourth-order valence-electron chi connectivity index (χ4n) is 1.53. The predicted octanol–water partition coefficient (Wildman–Crippen LogP) is 2.84. The fourth-order valence-corrected chi connectivity index (χ4v) is 1.53. The number of hydrogen-bond donors (Lipinski definition) is 1. The van der Waals surface area contributed by atoms with Gasteiger partial charge in [0.25, 0.3) is 0 Å². The summed E-state index contributed by atoms with van der Waals surface area (Å²) in [5.74, 6) is 0. The van der Waals surface area contributed by atoms with Crippen LogP contribution in [0.15, 0.2) is 0 Å². The lowest BCUT2D eigenvalue weighted by atomic mass is 9.87. The molecule has 0 aliphatic rings. The quantitative estimate of drug-likeness (QED) is 0.677. The molecule has 0 bridgehead atoms. The molecule has 0 spiro atoms. The number of nitrogens with one attached hydrogen (secondary N) is 1. The Morgan fingerprint density at radius 2 is 1.76 bits per heavy atom. The number of ether oxygens (including phenoxy) is 2. The van der Waals surface area contributed by atoms with Crippen molar-refractivity contribution in [1.29, 1.82) is 0 Å². The summed E-state index contributed by atoms with van der Waals surface area (Å²) in [5, 5.41) is 3.56. The van der Waals surface area contributed by atoms with Crippen molar-refractivity contribution in [2.24, 2.45) is 5.41 Å². The second-order valence-corrected chi connectivity index (χ2v) is 5.68. The molecule has 0 radical (unpaired) electrons. The second-order valence-electron chi connectivity index (χ2n) is 5.68. The van der Waals surface area contributed by atoms with E-state index in [9.17, 15) is 0 Å². The zero-order chi connectivity index (χ0) is 13.3. The van der Waals surface area contributed by atoms with Crippen molar-refractivity contribution in [1.82, 2.24) is 5.32 Å². The molecule has 0 aromatic heterocycles. The van der Waals surface area contributed by atoms with Crippen LogP contribution in [0.2, 0.25) is 0 Å². The summed E-state index contributed by atoms with van der Waals surface area (Å²) < 4.78 is 11.2. The molecular weight excluding hydrogens is 214 g/mol. The molecule has 0 heterocycles. The third-order valence-corrected chi connectivity index (χ3v) is 2.79. The van der Waals surface area contributed by atoms with E-state index in [4.69, 9.17) is 9.47 Å². The Kier molecular flexibility index (Phi) is 8.83. The van der Waals surface area contributed by atoms with Gasteiger partial charge >= 0.3 is 0 Å². The van der Waals surface area contributed by atoms with E-state index in [1.54, 1.807) is 0 Å². The largest absolute Gasteiger partial charge is 0.379 e. The minimum atomic E-state index is 0.170. The number of hydrogen-bond acceptors (Lipinski definition) is 3. The van der Waals surface area contributed by atoms with Crippen LogP contribution in [0.25, 0.3) is 0 Å². The summed E-state index contributed by atoms with van der Waals surface area (Å²) in [4.78, 5) is 0. The first-order valence-corrected chi connectivity index (χ1v) is 6.84. The third-order valence-electron chi connectivity index (χ3n) is 2.79. The molecule has 104 valence electrons. The summed E-state index contributed by atoms with van der Waals surface area (Å²) in [6, 6.07) is 0.395. The molecule has 2 unspecified atom stereocenters. The highest BCUT2D eigenvalue weighted by atomic mass is 16.5. The van der Waals surface area contributed by atoms with Gasteiger partial charge in [-0.15, -0.1) is 0 Å².